The van der Waals surface area contributed by atoms with Gasteiger partial charge in [0.2, 0.25) is 5.95 Å². The molecule has 1 heterocycles. The summed E-state index contributed by atoms with van der Waals surface area (Å²) in [5.74, 6) is 1.16. The third kappa shape index (κ3) is 4.92. The number of aromatic hydroxyl groups is 1. The minimum atomic E-state index is 0.0945. The molecule has 0 spiro atoms. The summed E-state index contributed by atoms with van der Waals surface area (Å²) in [6.45, 7) is 2.43. The lowest BCUT2D eigenvalue weighted by Gasteiger charge is -2.14. The molecule has 1 N–H and O–H groups in total. The van der Waals surface area contributed by atoms with Gasteiger partial charge >= 0.3 is 0 Å². The van der Waals surface area contributed by atoms with E-state index in [4.69, 9.17) is 14.7 Å². The van der Waals surface area contributed by atoms with Crippen LogP contribution in [0.3, 0.4) is 0 Å². The molecule has 0 saturated heterocycles. The molecule has 3 aromatic carbocycles. The van der Waals surface area contributed by atoms with E-state index < -0.39 is 0 Å². The van der Waals surface area contributed by atoms with Gasteiger partial charge in [0.05, 0.1) is 24.2 Å². The van der Waals surface area contributed by atoms with Crippen LogP contribution in [0.1, 0.15) is 12.5 Å². The Hall–Kier alpha value is -4.19. The van der Waals surface area contributed by atoms with Gasteiger partial charge < -0.3 is 9.84 Å². The van der Waals surface area contributed by atoms with Gasteiger partial charge in [-0.25, -0.2) is 15.0 Å². The number of ether oxygens (including phenoxy) is 1. The van der Waals surface area contributed by atoms with Crippen LogP contribution in [-0.2, 0) is 0 Å². The fraction of sp³-hybridized carbons (Fsp3) is 0.115. The minimum Gasteiger partial charge on any atom is -0.507 e. The highest BCUT2D eigenvalue weighted by Crippen LogP contribution is 2.26. The molecule has 0 saturated carbocycles. The second-order valence-corrected chi connectivity index (χ2v) is 7.09. The molecule has 1 aromatic heterocycles. The zero-order chi connectivity index (χ0) is 22.3. The molecule has 4 aromatic rings. The summed E-state index contributed by atoms with van der Waals surface area (Å²) in [7, 11) is 1.78. The van der Waals surface area contributed by atoms with E-state index in [2.05, 4.69) is 5.10 Å². The van der Waals surface area contributed by atoms with E-state index in [1.807, 2.05) is 73.7 Å². The number of nitrogens with zero attached hydrogens (tertiary/aromatic N) is 4. The molecule has 0 aliphatic heterocycles. The van der Waals surface area contributed by atoms with Crippen LogP contribution in [0.25, 0.3) is 22.5 Å². The quantitative estimate of drug-likeness (QED) is 0.318. The summed E-state index contributed by atoms with van der Waals surface area (Å²) in [6, 6.07) is 27.0. The summed E-state index contributed by atoms with van der Waals surface area (Å²) in [5, 5.41) is 16.3. The highest BCUT2D eigenvalue weighted by Gasteiger charge is 2.11. The summed E-state index contributed by atoms with van der Waals surface area (Å²) >= 11 is 0. The second kappa shape index (κ2) is 9.75. The summed E-state index contributed by atoms with van der Waals surface area (Å²) in [4.78, 5) is 9.44. The van der Waals surface area contributed by atoms with Crippen LogP contribution < -0.4 is 9.75 Å². The van der Waals surface area contributed by atoms with Gasteiger partial charge in [-0.2, -0.15) is 5.10 Å². The maximum atomic E-state index is 10.3. The fourth-order valence-electron chi connectivity index (χ4n) is 3.18. The van der Waals surface area contributed by atoms with Crippen molar-refractivity contribution in [3.63, 3.8) is 0 Å². The van der Waals surface area contributed by atoms with E-state index in [0.29, 0.717) is 23.9 Å². The molecular formula is C26H24N4O2. The SMILES string of the molecule is CCOc1ccc(/C=N\N(C)c2nc(-c3ccccc3)cc(-c3ccccc3)n2)c(O)c1. The summed E-state index contributed by atoms with van der Waals surface area (Å²) < 4.78 is 5.41. The van der Waals surface area contributed by atoms with Gasteiger partial charge in [0.15, 0.2) is 0 Å². The maximum absolute atomic E-state index is 10.3. The number of hydrogen-bond donors (Lipinski definition) is 1. The molecule has 0 aliphatic rings. The highest BCUT2D eigenvalue weighted by molar-refractivity contribution is 5.84. The number of rotatable bonds is 7. The number of anilines is 1. The number of aromatic nitrogens is 2. The van der Waals surface area contributed by atoms with Gasteiger partial charge in [0.1, 0.15) is 11.5 Å². The molecular weight excluding hydrogens is 400 g/mol. The third-order valence-corrected chi connectivity index (χ3v) is 4.83. The van der Waals surface area contributed by atoms with Gasteiger partial charge in [-0.05, 0) is 25.1 Å². The normalized spacial score (nSPS) is 10.9. The van der Waals surface area contributed by atoms with Crippen molar-refractivity contribution in [2.45, 2.75) is 6.92 Å². The van der Waals surface area contributed by atoms with E-state index >= 15 is 0 Å². The average molecular weight is 425 g/mol. The van der Waals surface area contributed by atoms with Gasteiger partial charge in [0, 0.05) is 29.8 Å². The fourth-order valence-corrected chi connectivity index (χ4v) is 3.18. The average Bonchev–Trinajstić information content (AvgIpc) is 2.84. The zero-order valence-corrected chi connectivity index (χ0v) is 18.0. The summed E-state index contributed by atoms with van der Waals surface area (Å²) in [5.41, 5.74) is 4.17. The third-order valence-electron chi connectivity index (χ3n) is 4.83. The Morgan fingerprint density at radius 2 is 1.47 bits per heavy atom. The zero-order valence-electron chi connectivity index (χ0n) is 18.0. The first kappa shape index (κ1) is 21.1. The largest absolute Gasteiger partial charge is 0.507 e. The number of benzene rings is 3. The lowest BCUT2D eigenvalue weighted by molar-refractivity contribution is 0.337. The molecule has 0 fully saturated rings. The monoisotopic (exact) mass is 424 g/mol. The first-order valence-electron chi connectivity index (χ1n) is 10.4. The Labute approximate surface area is 187 Å². The predicted octanol–water partition coefficient (Wildman–Crippen LogP) is 5.39. The lowest BCUT2D eigenvalue weighted by atomic mass is 10.1. The van der Waals surface area contributed by atoms with E-state index in [1.54, 1.807) is 36.5 Å². The second-order valence-electron chi connectivity index (χ2n) is 7.09. The predicted molar refractivity (Wildman–Crippen MR) is 128 cm³/mol. The van der Waals surface area contributed by atoms with E-state index in [1.165, 1.54) is 0 Å². The number of hydrazone groups is 1. The molecule has 0 amide bonds. The molecule has 0 bridgehead atoms. The topological polar surface area (TPSA) is 70.8 Å². The van der Waals surface area contributed by atoms with Gasteiger partial charge in [0.25, 0.3) is 0 Å². The molecule has 4 rings (SSSR count). The molecule has 0 radical (unpaired) electrons. The summed E-state index contributed by atoms with van der Waals surface area (Å²) in [6.07, 6.45) is 1.58. The number of phenolic OH excluding ortho intramolecular Hbond substituents is 1. The number of hydrogen-bond acceptors (Lipinski definition) is 6. The van der Waals surface area contributed by atoms with E-state index in [9.17, 15) is 5.11 Å². The standard InChI is InChI=1S/C26H24N4O2/c1-3-32-22-15-14-21(25(31)16-22)18-27-30(2)26-28-23(19-10-6-4-7-11-19)17-24(29-26)20-12-8-5-9-13-20/h4-18,31H,3H2,1-2H3/b27-18-. The molecule has 0 aliphatic carbocycles. The Kier molecular flexibility index (Phi) is 6.41. The lowest BCUT2D eigenvalue weighted by Crippen LogP contribution is -2.13. The Morgan fingerprint density at radius 3 is 2.00 bits per heavy atom. The first-order chi connectivity index (χ1) is 15.6. The van der Waals surface area contributed by atoms with Crippen molar-refractivity contribution >= 4 is 12.2 Å². The van der Waals surface area contributed by atoms with Crippen molar-refractivity contribution in [1.82, 2.24) is 9.97 Å². The van der Waals surface area contributed by atoms with Crippen molar-refractivity contribution in [3.8, 4) is 34.0 Å². The molecule has 0 atom stereocenters. The smallest absolute Gasteiger partial charge is 0.247 e. The Balaban J connectivity index is 1.68. The maximum Gasteiger partial charge on any atom is 0.247 e. The Bertz CT molecular complexity index is 1150. The van der Waals surface area contributed by atoms with Gasteiger partial charge in [-0.15, -0.1) is 0 Å². The van der Waals surface area contributed by atoms with Crippen LogP contribution in [-0.4, -0.2) is 34.9 Å². The van der Waals surface area contributed by atoms with Crippen molar-refractivity contribution in [3.05, 3.63) is 90.5 Å². The molecule has 32 heavy (non-hydrogen) atoms. The van der Waals surface area contributed by atoms with Crippen molar-refractivity contribution in [2.24, 2.45) is 5.10 Å². The van der Waals surface area contributed by atoms with Crippen molar-refractivity contribution in [2.75, 3.05) is 18.7 Å². The molecule has 0 unspecified atom stereocenters. The highest BCUT2D eigenvalue weighted by atomic mass is 16.5. The van der Waals surface area contributed by atoms with Crippen molar-refractivity contribution < 1.29 is 9.84 Å². The van der Waals surface area contributed by atoms with Crippen LogP contribution in [0.15, 0.2) is 90.0 Å². The van der Waals surface area contributed by atoms with Crippen LogP contribution in [0.2, 0.25) is 0 Å². The van der Waals surface area contributed by atoms with Crippen LogP contribution in [0.4, 0.5) is 5.95 Å². The molecule has 6 nitrogen and oxygen atoms in total. The van der Waals surface area contributed by atoms with Crippen LogP contribution in [0.5, 0.6) is 11.5 Å². The van der Waals surface area contributed by atoms with Crippen LogP contribution in [0, 0.1) is 0 Å². The van der Waals surface area contributed by atoms with Crippen LogP contribution >= 0.6 is 0 Å². The minimum absolute atomic E-state index is 0.0945. The molecule has 160 valence electrons. The van der Waals surface area contributed by atoms with Gasteiger partial charge in [-0.3, -0.25) is 0 Å². The van der Waals surface area contributed by atoms with Crippen molar-refractivity contribution in [1.29, 1.82) is 0 Å². The van der Waals surface area contributed by atoms with Gasteiger partial charge in [-0.1, -0.05) is 60.7 Å². The first-order valence-corrected chi connectivity index (χ1v) is 10.4. The molecule has 6 heteroatoms. The van der Waals surface area contributed by atoms with E-state index in [-0.39, 0.29) is 5.75 Å². The van der Waals surface area contributed by atoms with E-state index in [0.717, 1.165) is 22.5 Å². The number of phenols is 1. The Morgan fingerprint density at radius 1 is 0.875 bits per heavy atom.